The molecule has 0 atom stereocenters. The van der Waals surface area contributed by atoms with E-state index in [2.05, 4.69) is 22.3 Å². The second-order valence-electron chi connectivity index (χ2n) is 4.39. The van der Waals surface area contributed by atoms with Gasteiger partial charge in [0, 0.05) is 12.3 Å². The summed E-state index contributed by atoms with van der Waals surface area (Å²) in [5, 5.41) is 8.21. The van der Waals surface area contributed by atoms with Crippen molar-refractivity contribution in [1.82, 2.24) is 10.2 Å². The summed E-state index contributed by atoms with van der Waals surface area (Å²) in [7, 11) is 0. The van der Waals surface area contributed by atoms with Gasteiger partial charge in [0.2, 0.25) is 11.8 Å². The van der Waals surface area contributed by atoms with E-state index in [1.807, 2.05) is 18.2 Å². The molecule has 2 aromatic rings. The summed E-state index contributed by atoms with van der Waals surface area (Å²) in [5.41, 5.74) is 1.24. The molecule has 1 fully saturated rings. The number of halogens is 1. The lowest BCUT2D eigenvalue weighted by molar-refractivity contribution is 0.429. The summed E-state index contributed by atoms with van der Waals surface area (Å²) in [6.45, 7) is 0. The first-order valence-corrected chi connectivity index (χ1v) is 6.33. The summed E-state index contributed by atoms with van der Waals surface area (Å²) in [5.74, 6) is 1.89. The van der Waals surface area contributed by atoms with Crippen molar-refractivity contribution in [2.45, 2.75) is 24.7 Å². The minimum atomic E-state index is -0.0289. The van der Waals surface area contributed by atoms with Crippen LogP contribution in [-0.4, -0.2) is 16.1 Å². The lowest BCUT2D eigenvalue weighted by Crippen LogP contribution is -2.08. The van der Waals surface area contributed by atoms with E-state index in [-0.39, 0.29) is 5.41 Å². The van der Waals surface area contributed by atoms with Gasteiger partial charge in [-0.25, -0.2) is 0 Å². The molecular formula is C13H13ClN2O. The second kappa shape index (κ2) is 4.15. The van der Waals surface area contributed by atoms with E-state index in [1.165, 1.54) is 5.56 Å². The van der Waals surface area contributed by atoms with Crippen LogP contribution in [0.15, 0.2) is 34.7 Å². The Bertz CT molecular complexity index is 505. The summed E-state index contributed by atoms with van der Waals surface area (Å²) in [4.78, 5) is 0. The van der Waals surface area contributed by atoms with Crippen molar-refractivity contribution in [3.05, 3.63) is 47.7 Å². The molecule has 1 aromatic heterocycles. The maximum Gasteiger partial charge on any atom is 0.227 e. The summed E-state index contributed by atoms with van der Waals surface area (Å²) >= 11 is 5.66. The molecule has 0 unspecified atom stereocenters. The molecule has 88 valence electrons. The van der Waals surface area contributed by atoms with E-state index < -0.39 is 0 Å². The quantitative estimate of drug-likeness (QED) is 0.781. The fraction of sp³-hybridized carbons (Fsp3) is 0.385. The normalized spacial score (nSPS) is 17.0. The van der Waals surface area contributed by atoms with Crippen molar-refractivity contribution in [3.63, 3.8) is 0 Å². The van der Waals surface area contributed by atoms with Gasteiger partial charge < -0.3 is 4.42 Å². The van der Waals surface area contributed by atoms with Gasteiger partial charge in [-0.3, -0.25) is 0 Å². The van der Waals surface area contributed by atoms with Crippen molar-refractivity contribution in [3.8, 4) is 0 Å². The van der Waals surface area contributed by atoms with Gasteiger partial charge in [-0.15, -0.1) is 21.8 Å². The van der Waals surface area contributed by atoms with E-state index in [9.17, 15) is 0 Å². The molecule has 0 amide bonds. The third kappa shape index (κ3) is 1.84. The monoisotopic (exact) mass is 248 g/mol. The van der Waals surface area contributed by atoms with Gasteiger partial charge in [0.15, 0.2) is 0 Å². The molecule has 0 spiro atoms. The lowest BCUT2D eigenvalue weighted by Gasteiger charge is -2.09. The van der Waals surface area contributed by atoms with E-state index >= 15 is 0 Å². The maximum atomic E-state index is 5.70. The van der Waals surface area contributed by atoms with Crippen LogP contribution in [0.2, 0.25) is 0 Å². The Hall–Kier alpha value is -1.35. The van der Waals surface area contributed by atoms with Crippen molar-refractivity contribution in [1.29, 1.82) is 0 Å². The van der Waals surface area contributed by atoms with Crippen molar-refractivity contribution >= 4 is 11.6 Å². The minimum Gasteiger partial charge on any atom is -0.424 e. The largest absolute Gasteiger partial charge is 0.424 e. The number of benzene rings is 1. The average Bonchev–Trinajstić information content (AvgIpc) is 3.06. The van der Waals surface area contributed by atoms with Crippen molar-refractivity contribution in [2.75, 3.05) is 5.88 Å². The molecule has 0 bridgehead atoms. The van der Waals surface area contributed by atoms with Gasteiger partial charge >= 0.3 is 0 Å². The fourth-order valence-electron chi connectivity index (χ4n) is 2.14. The standard InChI is InChI=1S/C13H13ClN2O/c14-9-6-11-15-16-12(17-11)13(7-8-13)10-4-2-1-3-5-10/h1-5H,6-9H2. The number of alkyl halides is 1. The van der Waals surface area contributed by atoms with Crippen LogP contribution >= 0.6 is 11.6 Å². The summed E-state index contributed by atoms with van der Waals surface area (Å²) < 4.78 is 5.70. The highest BCUT2D eigenvalue weighted by atomic mass is 35.5. The van der Waals surface area contributed by atoms with Gasteiger partial charge in [-0.2, -0.15) is 0 Å². The van der Waals surface area contributed by atoms with Crippen LogP contribution in [-0.2, 0) is 11.8 Å². The molecule has 0 N–H and O–H groups in total. The molecule has 1 saturated carbocycles. The van der Waals surface area contributed by atoms with Gasteiger partial charge in [0.1, 0.15) is 0 Å². The van der Waals surface area contributed by atoms with Crippen LogP contribution < -0.4 is 0 Å². The van der Waals surface area contributed by atoms with E-state index in [1.54, 1.807) is 0 Å². The average molecular weight is 249 g/mol. The predicted molar refractivity (Wildman–Crippen MR) is 65.2 cm³/mol. The molecule has 3 nitrogen and oxygen atoms in total. The zero-order chi connectivity index (χ0) is 11.7. The van der Waals surface area contributed by atoms with Gasteiger partial charge in [0.25, 0.3) is 0 Å². The SMILES string of the molecule is ClCCc1nnc(C2(c3ccccc3)CC2)o1. The Labute approximate surface area is 105 Å². The highest BCUT2D eigenvalue weighted by Gasteiger charge is 2.50. The third-order valence-corrected chi connectivity index (χ3v) is 3.45. The van der Waals surface area contributed by atoms with Crippen molar-refractivity contribution in [2.24, 2.45) is 0 Å². The molecule has 17 heavy (non-hydrogen) atoms. The zero-order valence-corrected chi connectivity index (χ0v) is 10.2. The molecule has 0 radical (unpaired) electrons. The summed E-state index contributed by atoms with van der Waals surface area (Å²) in [6, 6.07) is 10.4. The number of aromatic nitrogens is 2. The molecule has 0 saturated heterocycles. The molecule has 3 rings (SSSR count). The van der Waals surface area contributed by atoms with Crippen LogP contribution in [0, 0.1) is 0 Å². The summed E-state index contributed by atoms with van der Waals surface area (Å²) in [6.07, 6.45) is 2.80. The number of hydrogen-bond acceptors (Lipinski definition) is 3. The molecule has 1 aliphatic carbocycles. The predicted octanol–water partition coefficient (Wildman–Crippen LogP) is 2.93. The zero-order valence-electron chi connectivity index (χ0n) is 9.40. The highest BCUT2D eigenvalue weighted by Crippen LogP contribution is 2.52. The van der Waals surface area contributed by atoms with E-state index in [0.29, 0.717) is 18.2 Å². The molecule has 1 aliphatic rings. The first-order chi connectivity index (χ1) is 8.35. The fourth-order valence-corrected chi connectivity index (χ4v) is 2.30. The van der Waals surface area contributed by atoms with Crippen LogP contribution in [0.4, 0.5) is 0 Å². The van der Waals surface area contributed by atoms with Crippen LogP contribution in [0.25, 0.3) is 0 Å². The lowest BCUT2D eigenvalue weighted by atomic mass is 9.96. The third-order valence-electron chi connectivity index (χ3n) is 3.26. The Morgan fingerprint density at radius 3 is 2.59 bits per heavy atom. The minimum absolute atomic E-state index is 0.0289. The Balaban J connectivity index is 1.92. The Kier molecular flexibility index (Phi) is 2.63. The van der Waals surface area contributed by atoms with E-state index in [0.717, 1.165) is 18.7 Å². The Morgan fingerprint density at radius 1 is 1.18 bits per heavy atom. The molecular weight excluding hydrogens is 236 g/mol. The number of rotatable bonds is 4. The molecule has 0 aliphatic heterocycles. The maximum absolute atomic E-state index is 5.70. The first kappa shape index (κ1) is 10.8. The molecule has 4 heteroatoms. The highest BCUT2D eigenvalue weighted by molar-refractivity contribution is 6.17. The smallest absolute Gasteiger partial charge is 0.227 e. The second-order valence-corrected chi connectivity index (χ2v) is 4.77. The van der Waals surface area contributed by atoms with E-state index in [4.69, 9.17) is 16.0 Å². The van der Waals surface area contributed by atoms with Crippen LogP contribution in [0.5, 0.6) is 0 Å². The van der Waals surface area contributed by atoms with Gasteiger partial charge in [-0.1, -0.05) is 30.3 Å². The Morgan fingerprint density at radius 2 is 1.94 bits per heavy atom. The first-order valence-electron chi connectivity index (χ1n) is 5.79. The molecule has 1 heterocycles. The van der Waals surface area contributed by atoms with Gasteiger partial charge in [-0.05, 0) is 18.4 Å². The number of aryl methyl sites for hydroxylation is 1. The number of hydrogen-bond donors (Lipinski definition) is 0. The van der Waals surface area contributed by atoms with Crippen molar-refractivity contribution < 1.29 is 4.42 Å². The van der Waals surface area contributed by atoms with Crippen LogP contribution in [0.3, 0.4) is 0 Å². The topological polar surface area (TPSA) is 38.9 Å². The molecule has 1 aromatic carbocycles. The van der Waals surface area contributed by atoms with Crippen LogP contribution in [0.1, 0.15) is 30.2 Å². The van der Waals surface area contributed by atoms with Gasteiger partial charge in [0.05, 0.1) is 5.41 Å². The number of nitrogens with zero attached hydrogens (tertiary/aromatic N) is 2.